The van der Waals surface area contributed by atoms with Crippen LogP contribution in [0.25, 0.3) is 33.6 Å². The first-order chi connectivity index (χ1) is 23.1. The number of amides is 1. The molecule has 48 heavy (non-hydrogen) atoms. The van der Waals surface area contributed by atoms with Gasteiger partial charge in [-0.15, -0.1) is 0 Å². The Morgan fingerprint density at radius 1 is 1.04 bits per heavy atom. The minimum atomic E-state index is -0.678. The molecule has 2 aliphatic rings. The maximum absolute atomic E-state index is 15.5. The molecular formula is C36H38Cl2FN5O4. The van der Waals surface area contributed by atoms with Gasteiger partial charge in [-0.1, -0.05) is 47.5 Å². The van der Waals surface area contributed by atoms with E-state index in [9.17, 15) is 9.90 Å². The number of hydrogen-bond acceptors (Lipinski definition) is 8. The number of halogens is 3. The number of aromatic nitrogens is 2. The van der Waals surface area contributed by atoms with Crippen LogP contribution >= 0.6 is 23.2 Å². The smallest absolute Gasteiger partial charge is 0.220 e. The number of nitrogens with zero attached hydrogens (tertiary/aromatic N) is 2. The Labute approximate surface area is 289 Å². The maximum atomic E-state index is 15.5. The highest BCUT2D eigenvalue weighted by atomic mass is 35.5. The Kier molecular flexibility index (Phi) is 10.2. The van der Waals surface area contributed by atoms with Crippen molar-refractivity contribution in [3.8, 4) is 45.3 Å². The van der Waals surface area contributed by atoms with E-state index in [2.05, 4.69) is 20.9 Å². The molecule has 3 heterocycles. The van der Waals surface area contributed by atoms with Crippen molar-refractivity contribution in [2.45, 2.75) is 63.4 Å². The van der Waals surface area contributed by atoms with Crippen molar-refractivity contribution >= 4 is 29.1 Å². The molecule has 2 fully saturated rings. The van der Waals surface area contributed by atoms with Gasteiger partial charge in [-0.05, 0) is 50.5 Å². The van der Waals surface area contributed by atoms with E-state index in [0.29, 0.717) is 93.2 Å². The molecule has 1 amide bonds. The summed E-state index contributed by atoms with van der Waals surface area (Å²) in [5.74, 6) is 0.475. The van der Waals surface area contributed by atoms with Crippen molar-refractivity contribution in [2.24, 2.45) is 0 Å². The fraction of sp³-hybridized carbons (Fsp3) is 0.361. The van der Waals surface area contributed by atoms with Gasteiger partial charge in [-0.25, -0.2) is 9.37 Å². The van der Waals surface area contributed by atoms with E-state index in [1.807, 2.05) is 30.3 Å². The predicted octanol–water partition coefficient (Wildman–Crippen LogP) is 6.31. The van der Waals surface area contributed by atoms with Crippen LogP contribution in [0.2, 0.25) is 10.0 Å². The summed E-state index contributed by atoms with van der Waals surface area (Å²) in [5, 5.41) is 20.4. The van der Waals surface area contributed by atoms with E-state index in [4.69, 9.17) is 37.7 Å². The van der Waals surface area contributed by atoms with E-state index >= 15 is 4.39 Å². The molecule has 1 saturated heterocycles. The van der Waals surface area contributed by atoms with Gasteiger partial charge in [-0.2, -0.15) is 0 Å². The van der Waals surface area contributed by atoms with Crippen LogP contribution in [0.3, 0.4) is 0 Å². The summed E-state index contributed by atoms with van der Waals surface area (Å²) in [4.78, 5) is 20.7. The fourth-order valence-corrected chi connectivity index (χ4v) is 7.07. The molecule has 0 spiro atoms. The lowest BCUT2D eigenvalue weighted by molar-refractivity contribution is -0.119. The van der Waals surface area contributed by atoms with Crippen LogP contribution in [0.15, 0.2) is 54.7 Å². The zero-order chi connectivity index (χ0) is 34.0. The zero-order valence-electron chi connectivity index (χ0n) is 27.0. The van der Waals surface area contributed by atoms with E-state index < -0.39 is 11.4 Å². The molecule has 4 aromatic rings. The predicted molar refractivity (Wildman–Crippen MR) is 185 cm³/mol. The number of carbonyl (C=O) groups is 1. The Morgan fingerprint density at radius 2 is 1.81 bits per heavy atom. The first kappa shape index (κ1) is 34.1. The van der Waals surface area contributed by atoms with Gasteiger partial charge in [-0.3, -0.25) is 9.78 Å². The van der Waals surface area contributed by atoms with Crippen molar-refractivity contribution in [1.82, 2.24) is 25.9 Å². The number of benzene rings is 2. The van der Waals surface area contributed by atoms with Crippen LogP contribution in [0.4, 0.5) is 4.39 Å². The number of ether oxygens (including phenoxy) is 2. The second-order valence-electron chi connectivity index (χ2n) is 12.6. The molecule has 0 bridgehead atoms. The molecule has 0 radical (unpaired) electrons. The average molecular weight is 695 g/mol. The van der Waals surface area contributed by atoms with Crippen LogP contribution in [0, 0.1) is 5.82 Å². The Hall–Kier alpha value is -3.80. The number of nitrogens with one attached hydrogen (secondary N) is 3. The number of pyridine rings is 2. The van der Waals surface area contributed by atoms with Crippen LogP contribution in [0.5, 0.6) is 11.6 Å². The van der Waals surface area contributed by atoms with Gasteiger partial charge in [0.25, 0.3) is 0 Å². The molecule has 1 saturated carbocycles. The molecule has 252 valence electrons. The minimum absolute atomic E-state index is 0.0852. The second-order valence-corrected chi connectivity index (χ2v) is 13.4. The van der Waals surface area contributed by atoms with Crippen molar-refractivity contribution < 1.29 is 23.8 Å². The normalized spacial score (nSPS) is 20.4. The fourth-order valence-electron chi connectivity index (χ4n) is 6.43. The first-order valence-electron chi connectivity index (χ1n) is 15.9. The summed E-state index contributed by atoms with van der Waals surface area (Å²) >= 11 is 14.0. The van der Waals surface area contributed by atoms with Crippen molar-refractivity contribution in [3.63, 3.8) is 0 Å². The summed E-state index contributed by atoms with van der Waals surface area (Å²) < 4.78 is 26.7. The first-order valence-corrected chi connectivity index (χ1v) is 16.6. The molecule has 9 nitrogen and oxygen atoms in total. The van der Waals surface area contributed by atoms with Gasteiger partial charge < -0.3 is 30.5 Å². The molecule has 0 unspecified atom stereocenters. The molecule has 6 rings (SSSR count). The highest BCUT2D eigenvalue weighted by molar-refractivity contribution is 6.39. The van der Waals surface area contributed by atoms with Crippen molar-refractivity contribution in [3.05, 3.63) is 81.7 Å². The molecular weight excluding hydrogens is 656 g/mol. The Balaban J connectivity index is 1.24. The summed E-state index contributed by atoms with van der Waals surface area (Å²) in [6.45, 7) is 3.24. The number of methoxy groups -OCH3 is 2. The van der Waals surface area contributed by atoms with Gasteiger partial charge in [0.2, 0.25) is 11.8 Å². The molecule has 1 aliphatic heterocycles. The number of hydrogen-bond donors (Lipinski definition) is 4. The molecule has 12 heteroatoms. The molecule has 1 aliphatic carbocycles. The molecule has 2 aromatic carbocycles. The van der Waals surface area contributed by atoms with Gasteiger partial charge in [0.15, 0.2) is 0 Å². The number of aliphatic hydroxyl groups is 1. The van der Waals surface area contributed by atoms with Gasteiger partial charge in [0, 0.05) is 77.7 Å². The summed E-state index contributed by atoms with van der Waals surface area (Å²) in [6.07, 6.45) is 4.21. The number of rotatable bonds is 12. The van der Waals surface area contributed by atoms with E-state index in [1.54, 1.807) is 32.4 Å². The lowest BCUT2D eigenvalue weighted by atomic mass is 9.77. The standard InChI is InChI=1S/C36H38Cl2FN5O4/c1-36(46)15-23(16-36)42-19-27-28(39)13-21(14-30(27)47-2)34-33(38)25(11-12-41-34)24-5-4-6-26(32(24)37)29-9-7-20(35(44-29)48-3)17-40-18-22-8-10-31(45)43-22/h4-7,9,11-14,22-23,40,42,46H,8,10,15-19H2,1-3H3,(H,43,45)/t22-,23?,36?/m1/s1. The quantitative estimate of drug-likeness (QED) is 0.136. The molecule has 2 aromatic heterocycles. The topological polar surface area (TPSA) is 118 Å². The maximum Gasteiger partial charge on any atom is 0.220 e. The summed E-state index contributed by atoms with van der Waals surface area (Å²) in [7, 11) is 3.07. The third kappa shape index (κ3) is 7.28. The van der Waals surface area contributed by atoms with E-state index in [1.165, 1.54) is 13.2 Å². The Bertz CT molecular complexity index is 1830. The monoisotopic (exact) mass is 693 g/mol. The van der Waals surface area contributed by atoms with E-state index in [0.717, 1.165) is 12.0 Å². The van der Waals surface area contributed by atoms with Gasteiger partial charge in [0.1, 0.15) is 11.6 Å². The van der Waals surface area contributed by atoms with Crippen LogP contribution in [-0.2, 0) is 17.9 Å². The van der Waals surface area contributed by atoms with Gasteiger partial charge >= 0.3 is 0 Å². The van der Waals surface area contributed by atoms with E-state index in [-0.39, 0.29) is 24.5 Å². The highest BCUT2D eigenvalue weighted by Crippen LogP contribution is 2.42. The highest BCUT2D eigenvalue weighted by Gasteiger charge is 2.38. The lowest BCUT2D eigenvalue weighted by Gasteiger charge is -2.41. The summed E-state index contributed by atoms with van der Waals surface area (Å²) in [6, 6.07) is 14.6. The van der Waals surface area contributed by atoms with Crippen LogP contribution < -0.4 is 25.4 Å². The van der Waals surface area contributed by atoms with Crippen LogP contribution in [-0.4, -0.2) is 59.4 Å². The SMILES string of the molecule is COc1cc(-c2nccc(-c3cccc(-c4ccc(CNC[C@H]5CCC(=O)N5)c(OC)n4)c3Cl)c2Cl)cc(F)c1CNC1CC(C)(O)C1. The minimum Gasteiger partial charge on any atom is -0.496 e. The van der Waals surface area contributed by atoms with Crippen molar-refractivity contribution in [1.29, 1.82) is 0 Å². The third-order valence-electron chi connectivity index (χ3n) is 8.97. The second kappa shape index (κ2) is 14.4. The Morgan fingerprint density at radius 3 is 2.52 bits per heavy atom. The summed E-state index contributed by atoms with van der Waals surface area (Å²) in [5.41, 5.74) is 4.04. The number of carbonyl (C=O) groups excluding carboxylic acids is 1. The average Bonchev–Trinajstić information content (AvgIpc) is 3.48. The molecule has 4 N–H and O–H groups in total. The third-order valence-corrected chi connectivity index (χ3v) is 9.76. The lowest BCUT2D eigenvalue weighted by Crippen LogP contribution is -2.51. The van der Waals surface area contributed by atoms with Crippen molar-refractivity contribution in [2.75, 3.05) is 20.8 Å². The molecule has 1 atom stereocenters. The zero-order valence-corrected chi connectivity index (χ0v) is 28.5. The largest absolute Gasteiger partial charge is 0.496 e. The van der Waals surface area contributed by atoms with Crippen LogP contribution in [0.1, 0.15) is 43.7 Å². The van der Waals surface area contributed by atoms with Gasteiger partial charge in [0.05, 0.1) is 41.3 Å².